The number of rotatable bonds is 6. The first-order valence-corrected chi connectivity index (χ1v) is 10.8. The van der Waals surface area contributed by atoms with Crippen LogP contribution in [0.4, 0.5) is 16.0 Å². The summed E-state index contributed by atoms with van der Waals surface area (Å²) in [5.41, 5.74) is 2.05. The lowest BCUT2D eigenvalue weighted by atomic mass is 10.00. The van der Waals surface area contributed by atoms with E-state index in [4.69, 9.17) is 16.3 Å². The van der Waals surface area contributed by atoms with Gasteiger partial charge in [-0.25, -0.2) is 14.2 Å². The zero-order chi connectivity index (χ0) is 23.5. The fraction of sp³-hybridized carbons (Fsp3) is 0.320. The van der Waals surface area contributed by atoms with Crippen LogP contribution in [0.5, 0.6) is 5.75 Å². The zero-order valence-electron chi connectivity index (χ0n) is 18.9. The maximum absolute atomic E-state index is 14.5. The summed E-state index contributed by atoms with van der Waals surface area (Å²) in [6.45, 7) is 8.91. The SMILES string of the molecule is [C-]#[N+]c1ccc(-c2nc(N(C)CC3CCCN3)n(C)c(=O)c2-c2ccc(OC)c(F)c2)cc1. The van der Waals surface area contributed by atoms with E-state index in [1.807, 2.05) is 11.9 Å². The molecule has 1 atom stereocenters. The molecule has 3 aromatic rings. The van der Waals surface area contributed by atoms with Gasteiger partial charge in [0.1, 0.15) is 0 Å². The smallest absolute Gasteiger partial charge is 0.263 e. The van der Waals surface area contributed by atoms with Crippen molar-refractivity contribution in [1.29, 1.82) is 0 Å². The summed E-state index contributed by atoms with van der Waals surface area (Å²) in [7, 11) is 4.99. The molecule has 1 unspecified atom stereocenters. The first kappa shape index (κ1) is 22.5. The Hall–Kier alpha value is -3.70. The molecule has 0 aliphatic carbocycles. The number of hydrogen-bond donors (Lipinski definition) is 1. The van der Waals surface area contributed by atoms with Crippen molar-refractivity contribution in [2.75, 3.05) is 32.1 Å². The highest BCUT2D eigenvalue weighted by Crippen LogP contribution is 2.32. The molecule has 1 N–H and O–H groups in total. The second-order valence-corrected chi connectivity index (χ2v) is 8.18. The van der Waals surface area contributed by atoms with Crippen molar-refractivity contribution in [3.63, 3.8) is 0 Å². The standard InChI is InChI=1S/C25H26FN5O2/c1-27-18-10-7-16(8-11-18)23-22(17-9-12-21(33-4)20(26)14-17)24(32)31(3)25(29-23)30(2)15-19-6-5-13-28-19/h7-12,14,19,28H,5-6,13,15H2,2-4H3. The minimum absolute atomic E-state index is 0.104. The summed E-state index contributed by atoms with van der Waals surface area (Å²) in [4.78, 5) is 23.9. The first-order valence-electron chi connectivity index (χ1n) is 10.8. The van der Waals surface area contributed by atoms with Crippen LogP contribution in [0, 0.1) is 12.4 Å². The molecule has 1 saturated heterocycles. The highest BCUT2D eigenvalue weighted by molar-refractivity contribution is 5.82. The van der Waals surface area contributed by atoms with Crippen LogP contribution >= 0.6 is 0 Å². The van der Waals surface area contributed by atoms with Crippen LogP contribution in [0.2, 0.25) is 0 Å². The number of anilines is 1. The molecule has 0 bridgehead atoms. The molecule has 0 amide bonds. The average Bonchev–Trinajstić information content (AvgIpc) is 3.33. The molecule has 2 heterocycles. The summed E-state index contributed by atoms with van der Waals surface area (Å²) in [5.74, 6) is 0.0717. The van der Waals surface area contributed by atoms with Crippen LogP contribution in [-0.2, 0) is 7.05 Å². The molecule has 8 heteroatoms. The van der Waals surface area contributed by atoms with E-state index >= 15 is 0 Å². The van der Waals surface area contributed by atoms with Crippen molar-refractivity contribution in [3.05, 3.63) is 70.1 Å². The van der Waals surface area contributed by atoms with Gasteiger partial charge in [-0.1, -0.05) is 30.3 Å². The Morgan fingerprint density at radius 3 is 2.61 bits per heavy atom. The second-order valence-electron chi connectivity index (χ2n) is 8.18. The lowest BCUT2D eigenvalue weighted by Gasteiger charge is -2.25. The molecule has 1 aliphatic heterocycles. The lowest BCUT2D eigenvalue weighted by molar-refractivity contribution is 0.386. The molecule has 2 aromatic carbocycles. The fourth-order valence-corrected chi connectivity index (χ4v) is 4.24. The Bertz CT molecular complexity index is 1260. The number of likely N-dealkylation sites (N-methyl/N-ethyl adjacent to an activating group) is 1. The number of halogens is 1. The Morgan fingerprint density at radius 2 is 2.00 bits per heavy atom. The van der Waals surface area contributed by atoms with E-state index in [1.54, 1.807) is 37.4 Å². The van der Waals surface area contributed by atoms with E-state index in [9.17, 15) is 9.18 Å². The number of ether oxygens (including phenoxy) is 1. The minimum atomic E-state index is -0.556. The van der Waals surface area contributed by atoms with E-state index in [2.05, 4.69) is 10.2 Å². The van der Waals surface area contributed by atoms with E-state index in [-0.39, 0.29) is 11.3 Å². The molecule has 1 aliphatic rings. The summed E-state index contributed by atoms with van der Waals surface area (Å²) in [5, 5.41) is 3.47. The molecule has 33 heavy (non-hydrogen) atoms. The van der Waals surface area contributed by atoms with Crippen molar-refractivity contribution in [3.8, 4) is 28.1 Å². The quantitative estimate of drug-likeness (QED) is 0.579. The van der Waals surface area contributed by atoms with Gasteiger partial charge >= 0.3 is 0 Å². The Morgan fingerprint density at radius 1 is 1.27 bits per heavy atom. The van der Waals surface area contributed by atoms with E-state index in [0.29, 0.717) is 46.6 Å². The summed E-state index contributed by atoms with van der Waals surface area (Å²) >= 11 is 0. The summed E-state index contributed by atoms with van der Waals surface area (Å²) in [6.07, 6.45) is 2.21. The number of nitrogens with zero attached hydrogens (tertiary/aromatic N) is 4. The van der Waals surface area contributed by atoms with Crippen LogP contribution in [0.25, 0.3) is 27.2 Å². The monoisotopic (exact) mass is 447 g/mol. The molecular formula is C25H26FN5O2. The van der Waals surface area contributed by atoms with Crippen molar-refractivity contribution >= 4 is 11.6 Å². The lowest BCUT2D eigenvalue weighted by Crippen LogP contribution is -2.38. The van der Waals surface area contributed by atoms with E-state index in [1.165, 1.54) is 23.8 Å². The molecule has 1 fully saturated rings. The van der Waals surface area contributed by atoms with Crippen molar-refractivity contribution in [2.45, 2.75) is 18.9 Å². The average molecular weight is 448 g/mol. The van der Waals surface area contributed by atoms with Gasteiger partial charge < -0.3 is 15.0 Å². The van der Waals surface area contributed by atoms with Gasteiger partial charge in [-0.05, 0) is 42.6 Å². The Balaban J connectivity index is 1.89. The largest absolute Gasteiger partial charge is 0.494 e. The van der Waals surface area contributed by atoms with E-state index < -0.39 is 5.82 Å². The van der Waals surface area contributed by atoms with Gasteiger partial charge in [0, 0.05) is 26.7 Å². The number of methoxy groups -OCH3 is 1. The third-order valence-electron chi connectivity index (χ3n) is 5.98. The maximum atomic E-state index is 14.5. The van der Waals surface area contributed by atoms with Crippen molar-refractivity contribution in [1.82, 2.24) is 14.9 Å². The van der Waals surface area contributed by atoms with Gasteiger partial charge in [0.05, 0.1) is 24.9 Å². The van der Waals surface area contributed by atoms with Crippen LogP contribution in [0.3, 0.4) is 0 Å². The predicted octanol–water partition coefficient (Wildman–Crippen LogP) is 4.00. The van der Waals surface area contributed by atoms with Crippen LogP contribution in [-0.4, -0.2) is 42.8 Å². The molecule has 0 spiro atoms. The van der Waals surface area contributed by atoms with Gasteiger partial charge in [-0.3, -0.25) is 9.36 Å². The molecule has 4 rings (SSSR count). The minimum Gasteiger partial charge on any atom is -0.494 e. The molecular weight excluding hydrogens is 421 g/mol. The van der Waals surface area contributed by atoms with Gasteiger partial charge in [0.15, 0.2) is 17.3 Å². The number of benzene rings is 2. The van der Waals surface area contributed by atoms with Gasteiger partial charge in [-0.15, -0.1) is 0 Å². The Kier molecular flexibility index (Phi) is 6.43. The highest BCUT2D eigenvalue weighted by Gasteiger charge is 2.23. The maximum Gasteiger partial charge on any atom is 0.263 e. The Labute approximate surface area is 192 Å². The number of nitrogens with one attached hydrogen (secondary N) is 1. The predicted molar refractivity (Wildman–Crippen MR) is 127 cm³/mol. The third kappa shape index (κ3) is 4.45. The van der Waals surface area contributed by atoms with Crippen molar-refractivity contribution in [2.24, 2.45) is 7.05 Å². The fourth-order valence-electron chi connectivity index (χ4n) is 4.24. The topological polar surface area (TPSA) is 63.8 Å². The number of aromatic nitrogens is 2. The van der Waals surface area contributed by atoms with E-state index in [0.717, 1.165) is 19.4 Å². The molecule has 0 radical (unpaired) electrons. The summed E-state index contributed by atoms with van der Waals surface area (Å²) < 4.78 is 21.1. The summed E-state index contributed by atoms with van der Waals surface area (Å²) in [6, 6.07) is 11.7. The normalized spacial score (nSPS) is 15.3. The zero-order valence-corrected chi connectivity index (χ0v) is 18.9. The van der Waals surface area contributed by atoms with Crippen molar-refractivity contribution < 1.29 is 9.13 Å². The number of hydrogen-bond acceptors (Lipinski definition) is 5. The molecule has 7 nitrogen and oxygen atoms in total. The molecule has 1 aromatic heterocycles. The van der Waals surface area contributed by atoms with Gasteiger partial charge in [-0.2, -0.15) is 0 Å². The van der Waals surface area contributed by atoms with Crippen LogP contribution < -0.4 is 20.5 Å². The first-order chi connectivity index (χ1) is 15.9. The van der Waals surface area contributed by atoms with Gasteiger partial charge in [0.2, 0.25) is 5.95 Å². The highest BCUT2D eigenvalue weighted by atomic mass is 19.1. The van der Waals surface area contributed by atoms with Crippen LogP contribution in [0.1, 0.15) is 12.8 Å². The second kappa shape index (κ2) is 9.43. The molecule has 0 saturated carbocycles. The third-order valence-corrected chi connectivity index (χ3v) is 5.98. The van der Waals surface area contributed by atoms with Gasteiger partial charge in [0.25, 0.3) is 5.56 Å². The molecule has 170 valence electrons. The van der Waals surface area contributed by atoms with Crippen LogP contribution in [0.15, 0.2) is 47.3 Å².